The predicted molar refractivity (Wildman–Crippen MR) is 117 cm³/mol. The zero-order chi connectivity index (χ0) is 21.1. The van der Waals surface area contributed by atoms with Crippen molar-refractivity contribution in [3.63, 3.8) is 0 Å². The minimum absolute atomic E-state index is 0.0430. The number of methoxy groups -OCH3 is 1. The molecular formula is C23H27N5O2. The van der Waals surface area contributed by atoms with Crippen LogP contribution in [0.3, 0.4) is 0 Å². The molecule has 1 N–H and O–H groups in total. The number of amides is 1. The summed E-state index contributed by atoms with van der Waals surface area (Å²) in [5.74, 6) is 0.862. The van der Waals surface area contributed by atoms with Crippen LogP contribution in [0.1, 0.15) is 29.8 Å². The van der Waals surface area contributed by atoms with Crippen molar-refractivity contribution in [2.45, 2.75) is 33.2 Å². The van der Waals surface area contributed by atoms with Crippen LogP contribution in [0.25, 0.3) is 11.2 Å². The van der Waals surface area contributed by atoms with Crippen molar-refractivity contribution in [1.29, 1.82) is 0 Å². The average Bonchev–Trinajstić information content (AvgIpc) is 2.78. The minimum atomic E-state index is -0.0430. The second kappa shape index (κ2) is 8.65. The number of carbonyl (C=O) groups is 1. The molecule has 0 spiro atoms. The average molecular weight is 406 g/mol. The van der Waals surface area contributed by atoms with Crippen molar-refractivity contribution in [2.75, 3.05) is 25.1 Å². The number of nitrogens with zero attached hydrogens (tertiary/aromatic N) is 4. The molecule has 1 atom stereocenters. The predicted octanol–water partition coefficient (Wildman–Crippen LogP) is 3.18. The van der Waals surface area contributed by atoms with Gasteiger partial charge in [-0.1, -0.05) is 12.1 Å². The smallest absolute Gasteiger partial charge is 0.225 e. The maximum absolute atomic E-state index is 12.8. The Bertz CT molecular complexity index is 1050. The van der Waals surface area contributed by atoms with Crippen LogP contribution < -0.4 is 15.0 Å². The van der Waals surface area contributed by atoms with Gasteiger partial charge in [0.15, 0.2) is 5.65 Å². The number of piperidine rings is 1. The highest BCUT2D eigenvalue weighted by Crippen LogP contribution is 2.25. The topological polar surface area (TPSA) is 80.2 Å². The first-order valence-corrected chi connectivity index (χ1v) is 10.3. The fraction of sp³-hybridized carbons (Fsp3) is 0.391. The van der Waals surface area contributed by atoms with E-state index in [2.05, 4.69) is 25.2 Å². The zero-order valence-corrected chi connectivity index (χ0v) is 17.7. The fourth-order valence-electron chi connectivity index (χ4n) is 3.78. The van der Waals surface area contributed by atoms with E-state index < -0.39 is 0 Å². The fourth-order valence-corrected chi connectivity index (χ4v) is 3.78. The third kappa shape index (κ3) is 4.35. The second-order valence-corrected chi connectivity index (χ2v) is 7.78. The molecule has 156 valence electrons. The molecule has 4 rings (SSSR count). The van der Waals surface area contributed by atoms with Gasteiger partial charge in [0.05, 0.1) is 36.3 Å². The van der Waals surface area contributed by atoms with Crippen molar-refractivity contribution in [2.24, 2.45) is 5.92 Å². The van der Waals surface area contributed by atoms with Crippen LogP contribution in [0.15, 0.2) is 36.5 Å². The Labute approximate surface area is 176 Å². The van der Waals surface area contributed by atoms with E-state index in [0.717, 1.165) is 53.3 Å². The third-order valence-corrected chi connectivity index (χ3v) is 5.70. The van der Waals surface area contributed by atoms with Gasteiger partial charge in [-0.3, -0.25) is 4.79 Å². The lowest BCUT2D eigenvalue weighted by molar-refractivity contribution is -0.125. The summed E-state index contributed by atoms with van der Waals surface area (Å²) in [6.45, 7) is 6.01. The number of pyridine rings is 1. The molecule has 1 aliphatic rings. The first-order valence-electron chi connectivity index (χ1n) is 10.3. The molecule has 1 saturated heterocycles. The molecule has 0 aliphatic carbocycles. The molecule has 1 amide bonds. The maximum atomic E-state index is 12.8. The van der Waals surface area contributed by atoms with E-state index in [1.165, 1.54) is 0 Å². The van der Waals surface area contributed by atoms with Crippen LogP contribution >= 0.6 is 0 Å². The highest BCUT2D eigenvalue weighted by atomic mass is 16.5. The number of fused-ring (bicyclic) bond motifs is 1. The van der Waals surface area contributed by atoms with Crippen molar-refractivity contribution >= 4 is 22.8 Å². The Morgan fingerprint density at radius 2 is 1.97 bits per heavy atom. The van der Waals surface area contributed by atoms with Gasteiger partial charge in [-0.25, -0.2) is 15.0 Å². The number of benzene rings is 1. The monoisotopic (exact) mass is 405 g/mol. The number of aromatic nitrogens is 3. The molecule has 7 heteroatoms. The maximum Gasteiger partial charge on any atom is 0.225 e. The molecule has 0 unspecified atom stereocenters. The summed E-state index contributed by atoms with van der Waals surface area (Å²) in [7, 11) is 1.64. The number of aryl methyl sites for hydroxylation is 2. The van der Waals surface area contributed by atoms with Crippen molar-refractivity contribution in [3.05, 3.63) is 53.5 Å². The molecule has 0 saturated carbocycles. The summed E-state index contributed by atoms with van der Waals surface area (Å²) >= 11 is 0. The van der Waals surface area contributed by atoms with Crippen molar-refractivity contribution in [1.82, 2.24) is 20.3 Å². The first kappa shape index (κ1) is 20.1. The molecule has 0 bridgehead atoms. The second-order valence-electron chi connectivity index (χ2n) is 7.78. The van der Waals surface area contributed by atoms with Crippen LogP contribution in [0.4, 0.5) is 5.69 Å². The van der Waals surface area contributed by atoms with Crippen LogP contribution in [-0.2, 0) is 11.3 Å². The van der Waals surface area contributed by atoms with Gasteiger partial charge in [0.2, 0.25) is 5.91 Å². The van der Waals surface area contributed by atoms with Crippen LogP contribution in [0.2, 0.25) is 0 Å². The number of nitrogens with one attached hydrogen (secondary N) is 1. The number of ether oxygens (including phenoxy) is 1. The molecule has 3 heterocycles. The van der Waals surface area contributed by atoms with E-state index in [1.54, 1.807) is 7.11 Å². The van der Waals surface area contributed by atoms with Crippen LogP contribution in [0, 0.1) is 19.8 Å². The van der Waals surface area contributed by atoms with E-state index in [1.807, 2.05) is 50.4 Å². The lowest BCUT2D eigenvalue weighted by atomic mass is 9.96. The first-order chi connectivity index (χ1) is 14.5. The lowest BCUT2D eigenvalue weighted by Crippen LogP contribution is -2.43. The minimum Gasteiger partial charge on any atom is -0.497 e. The molecule has 0 radical (unpaired) electrons. The number of carbonyl (C=O) groups excluding carboxylic acids is 1. The number of hydrogen-bond acceptors (Lipinski definition) is 6. The Morgan fingerprint density at radius 1 is 1.20 bits per heavy atom. The standard InChI is InChI=1S/C23H27N5O2/c1-15-16(2)27-22-21(26-15)11-19(13-24-22)28-10-4-5-18(14-28)23(29)25-12-17-6-8-20(30-3)9-7-17/h6-9,11,13,18H,4-5,10,12,14H2,1-3H3,(H,25,29)/t18-/m1/s1. The van der Waals surface area contributed by atoms with Gasteiger partial charge in [-0.15, -0.1) is 0 Å². The molecule has 1 fully saturated rings. The van der Waals surface area contributed by atoms with Crippen molar-refractivity contribution < 1.29 is 9.53 Å². The van der Waals surface area contributed by atoms with Crippen LogP contribution in [-0.4, -0.2) is 41.1 Å². The molecule has 1 aromatic carbocycles. The normalized spacial score (nSPS) is 16.5. The van der Waals surface area contributed by atoms with E-state index in [9.17, 15) is 4.79 Å². The highest BCUT2D eigenvalue weighted by molar-refractivity contribution is 5.80. The molecule has 2 aromatic heterocycles. The quantitative estimate of drug-likeness (QED) is 0.702. The van der Waals surface area contributed by atoms with E-state index in [-0.39, 0.29) is 11.8 Å². The Hall–Kier alpha value is -3.22. The van der Waals surface area contributed by atoms with E-state index >= 15 is 0 Å². The highest BCUT2D eigenvalue weighted by Gasteiger charge is 2.26. The summed E-state index contributed by atoms with van der Waals surface area (Å²) < 4.78 is 5.18. The van der Waals surface area contributed by atoms with Gasteiger partial charge in [-0.2, -0.15) is 0 Å². The summed E-state index contributed by atoms with van der Waals surface area (Å²) in [6.07, 6.45) is 3.70. The number of rotatable bonds is 5. The molecule has 7 nitrogen and oxygen atoms in total. The molecule has 1 aliphatic heterocycles. The zero-order valence-electron chi connectivity index (χ0n) is 17.7. The summed E-state index contributed by atoms with van der Waals surface area (Å²) in [5, 5.41) is 3.08. The largest absolute Gasteiger partial charge is 0.497 e. The lowest BCUT2D eigenvalue weighted by Gasteiger charge is -2.33. The van der Waals surface area contributed by atoms with Gasteiger partial charge in [-0.05, 0) is 50.5 Å². The summed E-state index contributed by atoms with van der Waals surface area (Å²) in [6, 6.07) is 9.78. The van der Waals surface area contributed by atoms with Gasteiger partial charge in [0, 0.05) is 19.6 Å². The van der Waals surface area contributed by atoms with Gasteiger partial charge < -0.3 is 15.0 Å². The Kier molecular flexibility index (Phi) is 5.79. The van der Waals surface area contributed by atoms with Crippen molar-refractivity contribution in [3.8, 4) is 5.75 Å². The van der Waals surface area contributed by atoms with Gasteiger partial charge >= 0.3 is 0 Å². The molecule has 3 aromatic rings. The number of anilines is 1. The Morgan fingerprint density at radius 3 is 2.73 bits per heavy atom. The van der Waals surface area contributed by atoms with Gasteiger partial charge in [0.1, 0.15) is 11.3 Å². The molecular weight excluding hydrogens is 378 g/mol. The summed E-state index contributed by atoms with van der Waals surface area (Å²) in [5.41, 5.74) is 5.31. The van der Waals surface area contributed by atoms with Crippen LogP contribution in [0.5, 0.6) is 5.75 Å². The Balaban J connectivity index is 1.41. The van der Waals surface area contributed by atoms with E-state index in [0.29, 0.717) is 18.7 Å². The van der Waals surface area contributed by atoms with Gasteiger partial charge in [0.25, 0.3) is 0 Å². The number of hydrogen-bond donors (Lipinski definition) is 1. The van der Waals surface area contributed by atoms with E-state index in [4.69, 9.17) is 4.74 Å². The third-order valence-electron chi connectivity index (χ3n) is 5.70. The summed E-state index contributed by atoms with van der Waals surface area (Å²) in [4.78, 5) is 28.6. The molecule has 30 heavy (non-hydrogen) atoms. The SMILES string of the molecule is COc1ccc(CNC(=O)[C@@H]2CCCN(c3cnc4nc(C)c(C)nc4c3)C2)cc1.